The molecule has 1 aliphatic rings. The van der Waals surface area contributed by atoms with Crippen molar-refractivity contribution in [2.24, 2.45) is 0 Å². The van der Waals surface area contributed by atoms with Crippen LogP contribution in [0.2, 0.25) is 15.1 Å². The van der Waals surface area contributed by atoms with Gasteiger partial charge in [0.05, 0.1) is 11.7 Å². The summed E-state index contributed by atoms with van der Waals surface area (Å²) < 4.78 is 2.17. The van der Waals surface area contributed by atoms with Crippen molar-refractivity contribution in [3.8, 4) is 0 Å². The third-order valence-electron chi connectivity index (χ3n) is 13.3. The fourth-order valence-electron chi connectivity index (χ4n) is 9.06. The van der Waals surface area contributed by atoms with Crippen LogP contribution in [0.3, 0.4) is 0 Å². The predicted octanol–water partition coefficient (Wildman–Crippen LogP) is 15.9. The summed E-state index contributed by atoms with van der Waals surface area (Å²) in [6.07, 6.45) is 11.2. The Morgan fingerprint density at radius 2 is 1.13 bits per heavy atom. The van der Waals surface area contributed by atoms with Crippen molar-refractivity contribution in [2.75, 3.05) is 16.0 Å². The van der Waals surface area contributed by atoms with E-state index in [2.05, 4.69) is 110 Å². The Kier molecular flexibility index (Phi) is 20.7. The normalized spacial score (nSPS) is 13.0. The molecule has 12 nitrogen and oxygen atoms in total. The Morgan fingerprint density at radius 1 is 0.620 bits per heavy atom. The molecule has 9 aromatic rings. The number of nitrogens with zero attached hydrogens (tertiary/aromatic N) is 4. The zero-order chi connectivity index (χ0) is 55.7. The van der Waals surface area contributed by atoms with Crippen LogP contribution < -0.4 is 32.6 Å². The van der Waals surface area contributed by atoms with Crippen molar-refractivity contribution < 1.29 is 0 Å². The van der Waals surface area contributed by atoms with E-state index in [4.69, 9.17) is 34.8 Å². The maximum atomic E-state index is 12.2. The number of hydrogen-bond donors (Lipinski definition) is 5. The van der Waals surface area contributed by atoms with Crippen LogP contribution in [0.25, 0.3) is 6.08 Å². The molecule has 404 valence electrons. The number of alkyl halides is 1. The summed E-state index contributed by atoms with van der Waals surface area (Å²) in [7, 11) is 0. The van der Waals surface area contributed by atoms with Gasteiger partial charge >= 0.3 is 0 Å². The molecule has 6 aromatic carbocycles. The molecule has 0 amide bonds. The van der Waals surface area contributed by atoms with Crippen LogP contribution in [0.15, 0.2) is 184 Å². The standard InChI is InChI=1S/C21H21BrClN3O.2C21H20ClN3O/c1-14-18(23)11-6-12-19(14)25-21-24-16(13-20(27)26-21)9-5-10-17(22)15-7-3-2-4-8-15;1-14-17(22)10-6-11-18(14)23-21-24-20(26)13-16-9-5-12-19(25(16)21)15-7-3-2-4-8-15;1-15-18(22)12-7-13-19(15)24-21-23-17(14-20(26)25-21)11-6-5-10-16-8-3-2-4-9-16/h2-4,6-8,11-13,17H,5,9-10H2,1H3,(H2,24,25,26,27);2-4,6-8,10-11,13,19H,5,9,12H2,1H3,(H,23,24,26);2-5,7-10,12-14H,6,11H2,1H3,(H2,23,24,25,26). The fourth-order valence-corrected chi connectivity index (χ4v) is 10.2. The lowest BCUT2D eigenvalue weighted by atomic mass is 9.95. The highest BCUT2D eigenvalue weighted by molar-refractivity contribution is 9.09. The topological polar surface area (TPSA) is 162 Å². The zero-order valence-corrected chi connectivity index (χ0v) is 47.9. The summed E-state index contributed by atoms with van der Waals surface area (Å²) in [6.45, 7) is 5.80. The van der Waals surface area contributed by atoms with Crippen molar-refractivity contribution in [2.45, 2.75) is 83.0 Å². The molecule has 2 unspecified atom stereocenters. The number of rotatable bonds is 16. The third-order valence-corrected chi connectivity index (χ3v) is 15.5. The first-order chi connectivity index (χ1) is 38.3. The first-order valence-corrected chi connectivity index (χ1v) is 28.2. The van der Waals surface area contributed by atoms with Crippen molar-refractivity contribution in [3.63, 3.8) is 0 Å². The first-order valence-electron chi connectivity index (χ1n) is 26.1. The molecule has 0 saturated heterocycles. The Morgan fingerprint density at radius 3 is 1.68 bits per heavy atom. The van der Waals surface area contributed by atoms with Crippen LogP contribution in [-0.4, -0.2) is 29.5 Å². The summed E-state index contributed by atoms with van der Waals surface area (Å²) in [5, 5.41) is 11.7. The highest BCUT2D eigenvalue weighted by Gasteiger charge is 2.25. The van der Waals surface area contributed by atoms with Gasteiger partial charge in [-0.15, -0.1) is 0 Å². The maximum absolute atomic E-state index is 12.2. The summed E-state index contributed by atoms with van der Waals surface area (Å²) in [6, 6.07) is 52.6. The van der Waals surface area contributed by atoms with E-state index in [0.717, 1.165) is 101 Å². The molecule has 1 aliphatic heterocycles. The molecular formula is C63H61BrCl3N9O3. The molecule has 0 bridgehead atoms. The van der Waals surface area contributed by atoms with E-state index in [1.165, 1.54) is 17.2 Å². The molecule has 0 spiro atoms. The van der Waals surface area contributed by atoms with Gasteiger partial charge in [-0.05, 0) is 142 Å². The quantitative estimate of drug-likeness (QED) is 0.0593. The van der Waals surface area contributed by atoms with Gasteiger partial charge < -0.3 is 20.5 Å². The maximum Gasteiger partial charge on any atom is 0.274 e. The minimum atomic E-state index is -0.216. The lowest BCUT2D eigenvalue weighted by Gasteiger charge is -2.31. The Bertz CT molecular complexity index is 3690. The van der Waals surface area contributed by atoms with Gasteiger partial charge in [-0.3, -0.25) is 24.4 Å². The molecule has 0 fully saturated rings. The molecule has 2 atom stereocenters. The van der Waals surface area contributed by atoms with Gasteiger partial charge in [0.2, 0.25) is 17.8 Å². The number of anilines is 6. The average Bonchev–Trinajstić information content (AvgIpc) is 3.45. The van der Waals surface area contributed by atoms with Crippen LogP contribution in [0.4, 0.5) is 34.9 Å². The minimum Gasteiger partial charge on any atom is -0.325 e. The van der Waals surface area contributed by atoms with Crippen molar-refractivity contribution in [1.29, 1.82) is 0 Å². The molecule has 0 radical (unpaired) electrons. The Hall–Kier alpha value is -7.55. The molecule has 16 heteroatoms. The summed E-state index contributed by atoms with van der Waals surface area (Å²) >= 11 is 22.3. The second-order valence-electron chi connectivity index (χ2n) is 19.0. The van der Waals surface area contributed by atoms with Crippen LogP contribution in [0.1, 0.15) is 93.4 Å². The van der Waals surface area contributed by atoms with Crippen LogP contribution in [0, 0.1) is 20.8 Å². The Labute approximate surface area is 483 Å². The number of halogens is 4. The monoisotopic (exact) mass is 1180 g/mol. The third kappa shape index (κ3) is 16.5. The van der Waals surface area contributed by atoms with Gasteiger partial charge in [0.1, 0.15) is 0 Å². The molecule has 4 heterocycles. The van der Waals surface area contributed by atoms with Gasteiger partial charge in [-0.2, -0.15) is 4.98 Å². The fraction of sp³-hybridized carbons (Fsp3) is 0.206. The molecule has 0 saturated carbocycles. The molecule has 3 aromatic heterocycles. The lowest BCUT2D eigenvalue weighted by Crippen LogP contribution is -2.27. The van der Waals surface area contributed by atoms with Gasteiger partial charge in [0.15, 0.2) is 0 Å². The highest BCUT2D eigenvalue weighted by atomic mass is 79.9. The van der Waals surface area contributed by atoms with E-state index < -0.39 is 0 Å². The molecule has 10 rings (SSSR count). The lowest BCUT2D eigenvalue weighted by molar-refractivity contribution is 0.451. The van der Waals surface area contributed by atoms with E-state index in [-0.39, 0.29) is 22.7 Å². The number of aromatic amines is 2. The van der Waals surface area contributed by atoms with Gasteiger partial charge in [0, 0.05) is 66.5 Å². The SMILES string of the molecule is Cc1c(Cl)cccc1Nc1nc(=O)cc2n1C(c1ccccc1)CCC2.Cc1c(Cl)cccc1Nc1nc(CCC=Cc2ccccc2)cc(=O)[nH]1.Cc1c(Cl)cccc1Nc1nc(CCCC(Br)c2ccccc2)cc(=O)[nH]1. The van der Waals surface area contributed by atoms with Crippen LogP contribution >= 0.6 is 50.7 Å². The van der Waals surface area contributed by atoms with Crippen molar-refractivity contribution in [1.82, 2.24) is 29.5 Å². The van der Waals surface area contributed by atoms with Crippen molar-refractivity contribution >= 4 is 91.7 Å². The van der Waals surface area contributed by atoms with Gasteiger partial charge in [-0.1, -0.05) is 172 Å². The number of allylic oxidation sites excluding steroid dienone is 1. The number of H-pyrrole nitrogens is 2. The zero-order valence-electron chi connectivity index (χ0n) is 44.1. The van der Waals surface area contributed by atoms with Gasteiger partial charge in [0.25, 0.3) is 16.7 Å². The summed E-state index contributed by atoms with van der Waals surface area (Å²) in [5.41, 5.74) is 10.9. The minimum absolute atomic E-state index is 0.162. The van der Waals surface area contributed by atoms with Gasteiger partial charge in [-0.25, -0.2) is 9.97 Å². The predicted molar refractivity (Wildman–Crippen MR) is 329 cm³/mol. The number of hydrogen-bond acceptors (Lipinski definition) is 9. The van der Waals surface area contributed by atoms with E-state index >= 15 is 0 Å². The average molecular weight is 1180 g/mol. The number of benzene rings is 6. The van der Waals surface area contributed by atoms with Crippen LogP contribution in [-0.2, 0) is 19.3 Å². The largest absolute Gasteiger partial charge is 0.325 e. The van der Waals surface area contributed by atoms with E-state index in [9.17, 15) is 14.4 Å². The number of aryl methyl sites for hydroxylation is 3. The molecule has 79 heavy (non-hydrogen) atoms. The van der Waals surface area contributed by atoms with Crippen LogP contribution in [0.5, 0.6) is 0 Å². The Balaban J connectivity index is 0.000000156. The second-order valence-corrected chi connectivity index (χ2v) is 21.3. The smallest absolute Gasteiger partial charge is 0.274 e. The van der Waals surface area contributed by atoms with E-state index in [0.29, 0.717) is 44.2 Å². The highest BCUT2D eigenvalue weighted by Crippen LogP contribution is 2.35. The molecular weight excluding hydrogens is 1120 g/mol. The molecule has 0 aliphatic carbocycles. The van der Waals surface area contributed by atoms with Crippen molar-refractivity contribution in [3.05, 3.63) is 266 Å². The summed E-state index contributed by atoms with van der Waals surface area (Å²) in [5.74, 6) is 1.43. The first kappa shape index (κ1) is 57.6. The number of nitrogens with one attached hydrogen (secondary N) is 5. The molecule has 5 N–H and O–H groups in total. The summed E-state index contributed by atoms with van der Waals surface area (Å²) in [4.78, 5) is 55.2. The number of fused-ring (bicyclic) bond motifs is 1. The van der Waals surface area contributed by atoms with E-state index in [1.54, 1.807) is 12.1 Å². The number of aromatic nitrogens is 6. The second kappa shape index (κ2) is 28.4. The van der Waals surface area contributed by atoms with E-state index in [1.807, 2.05) is 130 Å².